The van der Waals surface area contributed by atoms with Gasteiger partial charge in [-0.25, -0.2) is 0 Å². The van der Waals surface area contributed by atoms with E-state index in [0.717, 1.165) is 38.6 Å². The van der Waals surface area contributed by atoms with E-state index in [1.165, 1.54) is 12.8 Å². The summed E-state index contributed by atoms with van der Waals surface area (Å²) in [6, 6.07) is 0. The number of hydrogen-bond acceptors (Lipinski definition) is 2. The smallest absolute Gasteiger partial charge is 0.0540 e. The maximum absolute atomic E-state index is 9.45. The number of unbranched alkanes of at least 4 members (excludes halogenated alkanes) is 3. The molecule has 0 heterocycles. The van der Waals surface area contributed by atoms with Crippen molar-refractivity contribution < 1.29 is 5.11 Å². The van der Waals surface area contributed by atoms with Crippen LogP contribution >= 0.6 is 0 Å². The summed E-state index contributed by atoms with van der Waals surface area (Å²) in [7, 11) is 0. The van der Waals surface area contributed by atoms with Crippen molar-refractivity contribution in [3.63, 3.8) is 0 Å². The molecule has 74 valence electrons. The molecule has 2 nitrogen and oxygen atoms in total. The number of nitrogens with two attached hydrogens (primary N) is 1. The Balaban J connectivity index is 3.02. The summed E-state index contributed by atoms with van der Waals surface area (Å²) in [5.41, 5.74) is 5.36. The van der Waals surface area contributed by atoms with E-state index in [1.54, 1.807) is 0 Å². The van der Waals surface area contributed by atoms with Crippen molar-refractivity contribution in [3.05, 3.63) is 0 Å². The van der Waals surface area contributed by atoms with Crippen LogP contribution in [0.3, 0.4) is 0 Å². The van der Waals surface area contributed by atoms with Crippen LogP contribution in [0.4, 0.5) is 0 Å². The summed E-state index contributed by atoms with van der Waals surface area (Å²) in [6.45, 7) is 2.94. The SMILES string of the molecule is CCCC[C@H](O)CCCCCN. The van der Waals surface area contributed by atoms with Gasteiger partial charge in [0.2, 0.25) is 0 Å². The quantitative estimate of drug-likeness (QED) is 0.552. The molecule has 0 radical (unpaired) electrons. The molecule has 0 aromatic carbocycles. The van der Waals surface area contributed by atoms with Crippen LogP contribution in [-0.2, 0) is 0 Å². The van der Waals surface area contributed by atoms with E-state index in [9.17, 15) is 5.11 Å². The molecule has 0 fully saturated rings. The number of hydrogen-bond donors (Lipinski definition) is 2. The first-order valence-corrected chi connectivity index (χ1v) is 5.19. The van der Waals surface area contributed by atoms with Gasteiger partial charge in [0.15, 0.2) is 0 Å². The highest BCUT2D eigenvalue weighted by molar-refractivity contribution is 4.55. The summed E-state index contributed by atoms with van der Waals surface area (Å²) >= 11 is 0. The molecule has 0 saturated heterocycles. The molecule has 0 spiro atoms. The van der Waals surface area contributed by atoms with Crippen LogP contribution in [0.1, 0.15) is 51.9 Å². The molecule has 0 unspecified atom stereocenters. The van der Waals surface area contributed by atoms with E-state index >= 15 is 0 Å². The lowest BCUT2D eigenvalue weighted by molar-refractivity contribution is 0.148. The maximum atomic E-state index is 9.45. The average Bonchev–Trinajstić information content (AvgIpc) is 2.09. The molecular formula is C10H23NO. The zero-order valence-electron chi connectivity index (χ0n) is 8.26. The van der Waals surface area contributed by atoms with E-state index in [0.29, 0.717) is 0 Å². The van der Waals surface area contributed by atoms with Gasteiger partial charge in [0.25, 0.3) is 0 Å². The van der Waals surface area contributed by atoms with Crippen molar-refractivity contribution in [2.75, 3.05) is 6.54 Å². The predicted molar refractivity (Wildman–Crippen MR) is 53.1 cm³/mol. The number of aliphatic hydroxyl groups is 1. The summed E-state index contributed by atoms with van der Waals surface area (Å²) in [6.07, 6.45) is 7.59. The molecule has 0 bridgehead atoms. The second-order valence-corrected chi connectivity index (χ2v) is 3.43. The minimum absolute atomic E-state index is 0.0669. The van der Waals surface area contributed by atoms with Crippen LogP contribution in [0.25, 0.3) is 0 Å². The fourth-order valence-electron chi connectivity index (χ4n) is 1.29. The lowest BCUT2D eigenvalue weighted by Crippen LogP contribution is -2.06. The summed E-state index contributed by atoms with van der Waals surface area (Å²) in [4.78, 5) is 0. The molecule has 3 N–H and O–H groups in total. The molecule has 0 aromatic rings. The molecule has 0 aliphatic rings. The van der Waals surface area contributed by atoms with Crippen LogP contribution in [0.5, 0.6) is 0 Å². The molecule has 0 amide bonds. The molecule has 0 aliphatic carbocycles. The zero-order valence-corrected chi connectivity index (χ0v) is 8.26. The Morgan fingerprint density at radius 2 is 1.75 bits per heavy atom. The van der Waals surface area contributed by atoms with E-state index < -0.39 is 0 Å². The zero-order chi connectivity index (χ0) is 9.23. The van der Waals surface area contributed by atoms with Crippen LogP contribution < -0.4 is 5.73 Å². The highest BCUT2D eigenvalue weighted by Gasteiger charge is 2.01. The average molecular weight is 173 g/mol. The van der Waals surface area contributed by atoms with Gasteiger partial charge in [-0.05, 0) is 25.8 Å². The van der Waals surface area contributed by atoms with Gasteiger partial charge in [-0.3, -0.25) is 0 Å². The van der Waals surface area contributed by atoms with Gasteiger partial charge in [-0.15, -0.1) is 0 Å². The van der Waals surface area contributed by atoms with Gasteiger partial charge in [0, 0.05) is 0 Å². The Morgan fingerprint density at radius 1 is 1.08 bits per heavy atom. The molecular weight excluding hydrogens is 150 g/mol. The minimum Gasteiger partial charge on any atom is -0.393 e. The third kappa shape index (κ3) is 8.02. The van der Waals surface area contributed by atoms with Crippen LogP contribution in [0.15, 0.2) is 0 Å². The van der Waals surface area contributed by atoms with Gasteiger partial charge in [0.1, 0.15) is 0 Å². The Kier molecular flexibility index (Phi) is 8.95. The van der Waals surface area contributed by atoms with Crippen molar-refractivity contribution in [1.82, 2.24) is 0 Å². The first kappa shape index (κ1) is 11.9. The molecule has 2 heteroatoms. The van der Waals surface area contributed by atoms with Crippen molar-refractivity contribution in [3.8, 4) is 0 Å². The molecule has 1 atom stereocenters. The summed E-state index contributed by atoms with van der Waals surface area (Å²) < 4.78 is 0. The third-order valence-corrected chi connectivity index (χ3v) is 2.13. The van der Waals surface area contributed by atoms with Crippen molar-refractivity contribution in [1.29, 1.82) is 0 Å². The van der Waals surface area contributed by atoms with E-state index in [4.69, 9.17) is 5.73 Å². The Bertz CT molecular complexity index is 85.9. The molecule has 0 aromatic heterocycles. The van der Waals surface area contributed by atoms with Crippen LogP contribution in [0, 0.1) is 0 Å². The molecule has 12 heavy (non-hydrogen) atoms. The van der Waals surface area contributed by atoms with Crippen LogP contribution in [0.2, 0.25) is 0 Å². The molecule has 0 aliphatic heterocycles. The first-order valence-electron chi connectivity index (χ1n) is 5.19. The molecule has 0 saturated carbocycles. The van der Waals surface area contributed by atoms with Crippen molar-refractivity contribution in [2.45, 2.75) is 58.0 Å². The van der Waals surface area contributed by atoms with Gasteiger partial charge in [-0.1, -0.05) is 32.6 Å². The predicted octanol–water partition coefficient (Wildman–Crippen LogP) is 2.06. The minimum atomic E-state index is -0.0669. The van der Waals surface area contributed by atoms with E-state index in [1.807, 2.05) is 0 Å². The largest absolute Gasteiger partial charge is 0.393 e. The van der Waals surface area contributed by atoms with Crippen molar-refractivity contribution in [2.24, 2.45) is 5.73 Å². The second-order valence-electron chi connectivity index (χ2n) is 3.43. The number of aliphatic hydroxyl groups excluding tert-OH is 1. The lowest BCUT2D eigenvalue weighted by Gasteiger charge is -2.08. The Hall–Kier alpha value is -0.0800. The monoisotopic (exact) mass is 173 g/mol. The maximum Gasteiger partial charge on any atom is 0.0540 e. The molecule has 0 rings (SSSR count). The fraction of sp³-hybridized carbons (Fsp3) is 1.00. The van der Waals surface area contributed by atoms with Crippen LogP contribution in [-0.4, -0.2) is 17.8 Å². The van der Waals surface area contributed by atoms with Gasteiger partial charge >= 0.3 is 0 Å². The van der Waals surface area contributed by atoms with E-state index in [-0.39, 0.29) is 6.10 Å². The third-order valence-electron chi connectivity index (χ3n) is 2.13. The first-order chi connectivity index (χ1) is 5.81. The van der Waals surface area contributed by atoms with Gasteiger partial charge < -0.3 is 10.8 Å². The standard InChI is InChI=1S/C10H23NO/c1-2-3-7-10(12)8-5-4-6-9-11/h10,12H,2-9,11H2,1H3/t10-/m0/s1. The summed E-state index contributed by atoms with van der Waals surface area (Å²) in [5.74, 6) is 0. The topological polar surface area (TPSA) is 46.2 Å². The Labute approximate surface area is 76.2 Å². The fourth-order valence-corrected chi connectivity index (χ4v) is 1.29. The number of rotatable bonds is 8. The highest BCUT2D eigenvalue weighted by Crippen LogP contribution is 2.08. The summed E-state index contributed by atoms with van der Waals surface area (Å²) in [5, 5.41) is 9.45. The highest BCUT2D eigenvalue weighted by atomic mass is 16.3. The Morgan fingerprint density at radius 3 is 2.33 bits per heavy atom. The van der Waals surface area contributed by atoms with Gasteiger partial charge in [0.05, 0.1) is 6.10 Å². The normalized spacial score (nSPS) is 13.2. The van der Waals surface area contributed by atoms with E-state index in [2.05, 4.69) is 6.92 Å². The second kappa shape index (κ2) is 9.01. The van der Waals surface area contributed by atoms with Gasteiger partial charge in [-0.2, -0.15) is 0 Å². The lowest BCUT2D eigenvalue weighted by atomic mass is 10.1. The van der Waals surface area contributed by atoms with Crippen molar-refractivity contribution >= 4 is 0 Å².